The Balaban J connectivity index is 1.71. The first-order valence-electron chi connectivity index (χ1n) is 10.1. The van der Waals surface area contributed by atoms with E-state index in [2.05, 4.69) is 23.7 Å². The van der Waals surface area contributed by atoms with Crippen molar-refractivity contribution in [3.63, 3.8) is 0 Å². The minimum absolute atomic E-state index is 0.0612. The summed E-state index contributed by atoms with van der Waals surface area (Å²) in [7, 11) is 0. The molecule has 0 saturated carbocycles. The van der Waals surface area contributed by atoms with E-state index in [0.29, 0.717) is 34.7 Å². The van der Waals surface area contributed by atoms with Crippen molar-refractivity contribution in [1.82, 2.24) is 9.97 Å². The molecule has 1 aliphatic heterocycles. The normalized spacial score (nSPS) is 14.2. The Bertz CT molecular complexity index is 862. The second-order valence-electron chi connectivity index (χ2n) is 7.85. The van der Waals surface area contributed by atoms with E-state index < -0.39 is 21.7 Å². The van der Waals surface area contributed by atoms with Crippen LogP contribution in [0.5, 0.6) is 0 Å². The fourth-order valence-electron chi connectivity index (χ4n) is 3.42. The topological polar surface area (TPSA) is 83.4 Å². The molecule has 0 amide bonds. The zero-order valence-electron chi connectivity index (χ0n) is 17.0. The Morgan fingerprint density at radius 1 is 1.17 bits per heavy atom. The quantitative estimate of drug-likeness (QED) is 0.583. The van der Waals surface area contributed by atoms with Gasteiger partial charge in [0.1, 0.15) is 0 Å². The van der Waals surface area contributed by atoms with E-state index in [1.54, 1.807) is 6.20 Å². The molecular formula is C22H27AsN3O3. The summed E-state index contributed by atoms with van der Waals surface area (Å²) in [6.45, 7) is 5.96. The van der Waals surface area contributed by atoms with E-state index >= 15 is 0 Å². The van der Waals surface area contributed by atoms with Crippen LogP contribution in [0.3, 0.4) is 0 Å². The van der Waals surface area contributed by atoms with Gasteiger partial charge in [-0.05, 0) is 0 Å². The van der Waals surface area contributed by atoms with Gasteiger partial charge in [0, 0.05) is 0 Å². The van der Waals surface area contributed by atoms with Gasteiger partial charge in [-0.2, -0.15) is 0 Å². The molecule has 0 atom stereocenters. The van der Waals surface area contributed by atoms with E-state index in [1.165, 1.54) is 0 Å². The summed E-state index contributed by atoms with van der Waals surface area (Å²) in [5.74, 6) is 0.990. The van der Waals surface area contributed by atoms with Crippen molar-refractivity contribution in [1.29, 1.82) is 0 Å². The van der Waals surface area contributed by atoms with Crippen molar-refractivity contribution < 1.29 is 14.7 Å². The Morgan fingerprint density at radius 3 is 2.48 bits per heavy atom. The van der Waals surface area contributed by atoms with Crippen molar-refractivity contribution in [2.24, 2.45) is 5.92 Å². The minimum atomic E-state index is -0.868. The molecule has 1 N–H and O–H groups in total. The number of carbonyl (C=O) groups is 2. The molecule has 0 aliphatic carbocycles. The molecule has 1 saturated heterocycles. The average molecular weight is 456 g/mol. The van der Waals surface area contributed by atoms with Crippen molar-refractivity contribution in [2.45, 2.75) is 46.0 Å². The maximum atomic E-state index is 12.0. The van der Waals surface area contributed by atoms with Crippen LogP contribution >= 0.6 is 0 Å². The standard InChI is InChI=1S/C22H27AsN3O3/c1-15(2)11-19(27)23-18-7-5-16(6-8-18)12-20-24-14-17(13-21(28)29)22(25-20)26-9-3-4-10-26/h5-8,14-15H,3-4,9-13H2,1-2H3,(H,28,29). The molecule has 2 aromatic rings. The molecule has 2 heterocycles. The van der Waals surface area contributed by atoms with Crippen LogP contribution in [-0.4, -0.2) is 54.5 Å². The van der Waals surface area contributed by atoms with Gasteiger partial charge in [0.2, 0.25) is 0 Å². The van der Waals surface area contributed by atoms with E-state index in [1.807, 2.05) is 24.3 Å². The van der Waals surface area contributed by atoms with Crippen LogP contribution in [-0.2, 0) is 22.4 Å². The molecule has 3 rings (SSSR count). The van der Waals surface area contributed by atoms with Gasteiger partial charge in [0.15, 0.2) is 0 Å². The summed E-state index contributed by atoms with van der Waals surface area (Å²) in [6.07, 6.45) is 5.04. The number of benzene rings is 1. The second kappa shape index (κ2) is 10.0. The number of rotatable bonds is 9. The van der Waals surface area contributed by atoms with E-state index in [-0.39, 0.29) is 6.42 Å². The molecule has 1 aromatic heterocycles. The fourth-order valence-corrected chi connectivity index (χ4v) is 5.61. The number of hydrogen-bond donors (Lipinski definition) is 1. The van der Waals surface area contributed by atoms with Crippen LogP contribution in [0.25, 0.3) is 0 Å². The van der Waals surface area contributed by atoms with Gasteiger partial charge in [-0.25, -0.2) is 0 Å². The molecule has 29 heavy (non-hydrogen) atoms. The third-order valence-electron chi connectivity index (χ3n) is 4.77. The van der Waals surface area contributed by atoms with Gasteiger partial charge in [-0.1, -0.05) is 0 Å². The number of aromatic nitrogens is 2. The number of anilines is 1. The van der Waals surface area contributed by atoms with Crippen molar-refractivity contribution in [2.75, 3.05) is 18.0 Å². The third kappa shape index (κ3) is 6.40. The summed E-state index contributed by atoms with van der Waals surface area (Å²) >= 11 is -0.442. The molecule has 1 fully saturated rings. The molecule has 0 spiro atoms. The zero-order chi connectivity index (χ0) is 20.8. The van der Waals surface area contributed by atoms with E-state index in [0.717, 1.165) is 41.7 Å². The van der Waals surface area contributed by atoms with Crippen LogP contribution in [0.1, 0.15) is 50.1 Å². The first-order chi connectivity index (χ1) is 13.9. The summed E-state index contributed by atoms with van der Waals surface area (Å²) in [6, 6.07) is 8.15. The van der Waals surface area contributed by atoms with Crippen LogP contribution in [0.2, 0.25) is 0 Å². The molecule has 7 heteroatoms. The number of carboxylic acids is 1. The van der Waals surface area contributed by atoms with Gasteiger partial charge in [0.25, 0.3) is 0 Å². The molecule has 0 unspecified atom stereocenters. The first kappa shape index (κ1) is 21.5. The van der Waals surface area contributed by atoms with E-state index in [4.69, 9.17) is 4.98 Å². The fraction of sp³-hybridized carbons (Fsp3) is 0.455. The monoisotopic (exact) mass is 456 g/mol. The summed E-state index contributed by atoms with van der Waals surface area (Å²) < 4.78 is 1.47. The zero-order valence-corrected chi connectivity index (χ0v) is 18.8. The second-order valence-corrected chi connectivity index (χ2v) is 10.4. The third-order valence-corrected chi connectivity index (χ3v) is 6.85. The number of hydrogen-bond acceptors (Lipinski definition) is 5. The van der Waals surface area contributed by atoms with Crippen molar-refractivity contribution in [3.05, 3.63) is 47.4 Å². The molecular weight excluding hydrogens is 429 g/mol. The van der Waals surface area contributed by atoms with Crippen LogP contribution < -0.4 is 9.25 Å². The number of carboxylic acid groups (broad SMARTS) is 1. The maximum absolute atomic E-state index is 12.0. The molecule has 1 aliphatic rings. The molecule has 6 nitrogen and oxygen atoms in total. The predicted octanol–water partition coefficient (Wildman–Crippen LogP) is 2.20. The average Bonchev–Trinajstić information content (AvgIpc) is 3.18. The predicted molar refractivity (Wildman–Crippen MR) is 114 cm³/mol. The SMILES string of the molecule is CC(C)CC(=O)[As]c1ccc(Cc2ncc(CC(=O)O)c(N3CCCC3)n2)cc1. The van der Waals surface area contributed by atoms with Gasteiger partial charge in [-0.3, -0.25) is 0 Å². The Morgan fingerprint density at radius 2 is 1.86 bits per heavy atom. The van der Waals surface area contributed by atoms with Gasteiger partial charge < -0.3 is 0 Å². The Labute approximate surface area is 178 Å². The summed E-state index contributed by atoms with van der Waals surface area (Å²) in [4.78, 5) is 34.5. The molecule has 1 radical (unpaired) electrons. The molecule has 153 valence electrons. The van der Waals surface area contributed by atoms with Crippen LogP contribution in [0.15, 0.2) is 30.5 Å². The van der Waals surface area contributed by atoms with Crippen LogP contribution in [0, 0.1) is 5.92 Å². The number of aliphatic carboxylic acids is 1. The summed E-state index contributed by atoms with van der Waals surface area (Å²) in [5.41, 5.74) is 1.76. The van der Waals surface area contributed by atoms with Crippen LogP contribution in [0.4, 0.5) is 5.82 Å². The number of carbonyl (C=O) groups excluding carboxylic acids is 1. The van der Waals surface area contributed by atoms with Crippen molar-refractivity contribution >= 4 is 36.5 Å². The van der Waals surface area contributed by atoms with E-state index in [9.17, 15) is 14.7 Å². The Hall–Kier alpha value is -2.20. The number of nitrogens with zero attached hydrogens (tertiary/aromatic N) is 3. The van der Waals surface area contributed by atoms with Gasteiger partial charge in [0.05, 0.1) is 0 Å². The van der Waals surface area contributed by atoms with Gasteiger partial charge in [-0.15, -0.1) is 0 Å². The summed E-state index contributed by atoms with van der Waals surface area (Å²) in [5, 5.41) is 9.18. The Kier molecular flexibility index (Phi) is 7.43. The van der Waals surface area contributed by atoms with Crippen molar-refractivity contribution in [3.8, 4) is 0 Å². The molecule has 0 bridgehead atoms. The first-order valence-corrected chi connectivity index (χ1v) is 11.9. The van der Waals surface area contributed by atoms with Gasteiger partial charge >= 0.3 is 178 Å². The molecule has 1 aromatic carbocycles.